The molecule has 1 aromatic carbocycles. The molecule has 142 valence electrons. The Hall–Kier alpha value is -2.65. The zero-order valence-electron chi connectivity index (χ0n) is 15.0. The van der Waals surface area contributed by atoms with Gasteiger partial charge in [0.2, 0.25) is 10.0 Å². The van der Waals surface area contributed by atoms with E-state index in [9.17, 15) is 8.42 Å². The van der Waals surface area contributed by atoms with Crippen LogP contribution in [0.2, 0.25) is 0 Å². The summed E-state index contributed by atoms with van der Waals surface area (Å²) in [6, 6.07) is 11.3. The van der Waals surface area contributed by atoms with Gasteiger partial charge in [0.05, 0.1) is 18.1 Å². The first-order chi connectivity index (χ1) is 13.0. The molecule has 0 amide bonds. The van der Waals surface area contributed by atoms with Crippen LogP contribution in [0.4, 0.5) is 5.82 Å². The summed E-state index contributed by atoms with van der Waals surface area (Å²) in [4.78, 5) is 2.35. The second-order valence-corrected chi connectivity index (χ2v) is 8.46. The van der Waals surface area contributed by atoms with Crippen molar-refractivity contribution >= 4 is 15.8 Å². The zero-order valence-corrected chi connectivity index (χ0v) is 15.9. The Morgan fingerprint density at radius 3 is 2.59 bits per heavy atom. The number of rotatable bonds is 5. The minimum absolute atomic E-state index is 0.0913. The van der Waals surface area contributed by atoms with Gasteiger partial charge in [-0.3, -0.25) is 5.10 Å². The maximum absolute atomic E-state index is 12.7. The molecule has 0 spiro atoms. The molecule has 3 heterocycles. The van der Waals surface area contributed by atoms with Crippen LogP contribution in [0.1, 0.15) is 18.5 Å². The number of aromatic nitrogens is 4. The van der Waals surface area contributed by atoms with Crippen LogP contribution in [0, 0.1) is 6.92 Å². The van der Waals surface area contributed by atoms with Crippen molar-refractivity contribution in [3.8, 4) is 5.69 Å². The van der Waals surface area contributed by atoms with E-state index >= 15 is 0 Å². The van der Waals surface area contributed by atoms with Gasteiger partial charge >= 0.3 is 0 Å². The van der Waals surface area contributed by atoms with Gasteiger partial charge in [0.1, 0.15) is 4.90 Å². The Morgan fingerprint density at radius 2 is 1.93 bits per heavy atom. The van der Waals surface area contributed by atoms with Gasteiger partial charge in [-0.05, 0) is 31.9 Å². The van der Waals surface area contributed by atoms with Crippen LogP contribution in [0.15, 0.2) is 53.7 Å². The Morgan fingerprint density at radius 1 is 1.19 bits per heavy atom. The SMILES string of the molecule is Cc1cc(N2CCC(NS(=O)(=O)c3cnn(-c4ccccc4)c3)CC2)n[nH]1. The summed E-state index contributed by atoms with van der Waals surface area (Å²) in [7, 11) is -3.60. The van der Waals surface area contributed by atoms with Crippen molar-refractivity contribution in [3.63, 3.8) is 0 Å². The highest BCUT2D eigenvalue weighted by atomic mass is 32.2. The first kappa shape index (κ1) is 17.7. The molecule has 8 nitrogen and oxygen atoms in total. The lowest BCUT2D eigenvalue weighted by atomic mass is 10.1. The van der Waals surface area contributed by atoms with E-state index in [1.54, 1.807) is 10.9 Å². The summed E-state index contributed by atoms with van der Waals surface area (Å²) < 4.78 is 29.8. The average molecular weight is 386 g/mol. The molecule has 1 fully saturated rings. The molecule has 0 atom stereocenters. The van der Waals surface area contributed by atoms with Crippen molar-refractivity contribution < 1.29 is 8.42 Å². The topological polar surface area (TPSA) is 95.9 Å². The van der Waals surface area contributed by atoms with E-state index < -0.39 is 10.0 Å². The summed E-state index contributed by atoms with van der Waals surface area (Å²) in [5.74, 6) is 0.915. The third-order valence-corrected chi connectivity index (χ3v) is 6.20. The molecule has 0 radical (unpaired) electrons. The van der Waals surface area contributed by atoms with E-state index in [-0.39, 0.29) is 10.9 Å². The number of nitrogens with zero attached hydrogens (tertiary/aromatic N) is 4. The van der Waals surface area contributed by atoms with Crippen LogP contribution in [0.5, 0.6) is 0 Å². The third kappa shape index (κ3) is 3.88. The Bertz CT molecular complexity index is 1000. The van der Waals surface area contributed by atoms with Crippen LogP contribution in [-0.4, -0.2) is 47.5 Å². The Labute approximate surface area is 158 Å². The summed E-state index contributed by atoms with van der Waals surface area (Å²) in [6.45, 7) is 3.49. The highest BCUT2D eigenvalue weighted by Crippen LogP contribution is 2.20. The second-order valence-electron chi connectivity index (χ2n) is 6.75. The fourth-order valence-electron chi connectivity index (χ4n) is 3.25. The van der Waals surface area contributed by atoms with E-state index in [4.69, 9.17) is 0 Å². The Balaban J connectivity index is 1.40. The van der Waals surface area contributed by atoms with Crippen LogP contribution < -0.4 is 9.62 Å². The quantitative estimate of drug-likeness (QED) is 0.698. The van der Waals surface area contributed by atoms with Gasteiger partial charge in [-0.15, -0.1) is 0 Å². The smallest absolute Gasteiger partial charge is 0.243 e. The molecule has 2 aromatic heterocycles. The molecule has 4 rings (SSSR count). The first-order valence-corrected chi connectivity index (χ1v) is 10.4. The number of hydrogen-bond donors (Lipinski definition) is 2. The first-order valence-electron chi connectivity index (χ1n) is 8.91. The van der Waals surface area contributed by atoms with Crippen molar-refractivity contribution in [3.05, 3.63) is 54.5 Å². The number of aromatic amines is 1. The lowest BCUT2D eigenvalue weighted by Crippen LogP contribution is -2.44. The minimum Gasteiger partial charge on any atom is -0.355 e. The number of H-pyrrole nitrogens is 1. The second kappa shape index (κ2) is 7.16. The molecule has 27 heavy (non-hydrogen) atoms. The molecule has 0 unspecified atom stereocenters. The van der Waals surface area contributed by atoms with Gasteiger partial charge in [0.25, 0.3) is 0 Å². The average Bonchev–Trinajstić information content (AvgIpc) is 3.33. The highest BCUT2D eigenvalue weighted by molar-refractivity contribution is 7.89. The fraction of sp³-hybridized carbons (Fsp3) is 0.333. The summed E-state index contributed by atoms with van der Waals surface area (Å²) in [5.41, 5.74) is 1.84. The fourth-order valence-corrected chi connectivity index (χ4v) is 4.48. The van der Waals surface area contributed by atoms with Gasteiger partial charge in [0.15, 0.2) is 5.82 Å². The monoisotopic (exact) mass is 386 g/mol. The molecule has 0 bridgehead atoms. The van der Waals surface area contributed by atoms with Crippen molar-refractivity contribution in [2.24, 2.45) is 0 Å². The molecule has 2 N–H and O–H groups in total. The molecule has 1 saturated heterocycles. The maximum atomic E-state index is 12.7. The predicted octanol–water partition coefficient (Wildman–Crippen LogP) is 1.85. The zero-order chi connectivity index (χ0) is 18.9. The predicted molar refractivity (Wildman–Crippen MR) is 102 cm³/mol. The third-order valence-electron chi connectivity index (χ3n) is 4.72. The van der Waals surface area contributed by atoms with Crippen LogP contribution in [0.25, 0.3) is 5.69 Å². The number of hydrogen-bond acceptors (Lipinski definition) is 5. The lowest BCUT2D eigenvalue weighted by Gasteiger charge is -2.32. The molecular weight excluding hydrogens is 364 g/mol. The van der Waals surface area contributed by atoms with E-state index in [1.165, 1.54) is 6.20 Å². The molecule has 1 aliphatic rings. The minimum atomic E-state index is -3.60. The number of sulfonamides is 1. The summed E-state index contributed by atoms with van der Waals surface area (Å²) in [6.07, 6.45) is 4.40. The van der Waals surface area contributed by atoms with Crippen LogP contribution >= 0.6 is 0 Å². The van der Waals surface area contributed by atoms with Crippen molar-refractivity contribution in [2.75, 3.05) is 18.0 Å². The van der Waals surface area contributed by atoms with Crippen LogP contribution in [0.3, 0.4) is 0 Å². The van der Waals surface area contributed by atoms with E-state index in [1.807, 2.05) is 43.3 Å². The van der Waals surface area contributed by atoms with Gasteiger partial charge in [0, 0.05) is 30.9 Å². The lowest BCUT2D eigenvalue weighted by molar-refractivity contribution is 0.458. The Kier molecular flexibility index (Phi) is 4.71. The van der Waals surface area contributed by atoms with Crippen molar-refractivity contribution in [1.82, 2.24) is 24.7 Å². The number of para-hydroxylation sites is 1. The number of anilines is 1. The van der Waals surface area contributed by atoms with Crippen LogP contribution in [-0.2, 0) is 10.0 Å². The number of nitrogens with one attached hydrogen (secondary N) is 2. The number of aryl methyl sites for hydroxylation is 1. The summed E-state index contributed by atoms with van der Waals surface area (Å²) >= 11 is 0. The van der Waals surface area contributed by atoms with Gasteiger partial charge in [-0.1, -0.05) is 18.2 Å². The number of benzene rings is 1. The molecule has 1 aliphatic heterocycles. The molecule has 0 saturated carbocycles. The summed E-state index contributed by atoms with van der Waals surface area (Å²) in [5, 5.41) is 11.4. The molecule has 0 aliphatic carbocycles. The van der Waals surface area contributed by atoms with E-state index in [0.717, 1.165) is 43.1 Å². The maximum Gasteiger partial charge on any atom is 0.243 e. The van der Waals surface area contributed by atoms with Crippen molar-refractivity contribution in [1.29, 1.82) is 0 Å². The molecular formula is C18H22N6O2S. The van der Waals surface area contributed by atoms with E-state index in [2.05, 4.69) is 24.9 Å². The highest BCUT2D eigenvalue weighted by Gasteiger charge is 2.26. The van der Waals surface area contributed by atoms with E-state index in [0.29, 0.717) is 0 Å². The molecule has 9 heteroatoms. The van der Waals surface area contributed by atoms with Gasteiger partial charge in [-0.2, -0.15) is 10.2 Å². The largest absolute Gasteiger partial charge is 0.355 e. The standard InChI is InChI=1S/C18H22N6O2S/c1-14-11-18(21-20-14)23-9-7-15(8-10-23)22-27(25,26)17-12-19-24(13-17)16-5-3-2-4-6-16/h2-6,11-13,15,22H,7-10H2,1H3,(H,20,21). The van der Waals surface area contributed by atoms with Crippen molar-refractivity contribution in [2.45, 2.75) is 30.7 Å². The van der Waals surface area contributed by atoms with Gasteiger partial charge < -0.3 is 4.90 Å². The molecule has 3 aromatic rings. The van der Waals surface area contributed by atoms with Gasteiger partial charge in [-0.25, -0.2) is 17.8 Å². The number of piperidine rings is 1. The normalized spacial score (nSPS) is 16.0.